The molecule has 2 aromatic rings. The van der Waals surface area contributed by atoms with Gasteiger partial charge >= 0.3 is 0 Å². The highest BCUT2D eigenvalue weighted by Crippen LogP contribution is 2.28. The zero-order valence-corrected chi connectivity index (χ0v) is 15.6. The number of hydrogen-bond acceptors (Lipinski definition) is 5. The Morgan fingerprint density at radius 3 is 2.85 bits per heavy atom. The molecule has 1 amide bonds. The summed E-state index contributed by atoms with van der Waals surface area (Å²) in [5, 5.41) is 0.754. The van der Waals surface area contributed by atoms with Gasteiger partial charge in [0, 0.05) is 38.7 Å². The molecular weight excluding hydrogens is 347 g/mol. The Morgan fingerprint density at radius 1 is 1.30 bits per heavy atom. The van der Waals surface area contributed by atoms with Gasteiger partial charge in [-0.2, -0.15) is 0 Å². The molecule has 1 unspecified atom stereocenters. The molecule has 6 nitrogen and oxygen atoms in total. The fourth-order valence-corrected chi connectivity index (χ4v) is 4.11. The number of carbonyl (C=O) groups is 1. The Labute approximate surface area is 158 Å². The van der Waals surface area contributed by atoms with Gasteiger partial charge in [-0.1, -0.05) is 0 Å². The van der Waals surface area contributed by atoms with E-state index in [4.69, 9.17) is 4.74 Å². The molecule has 4 rings (SSSR count). The average molecular weight is 372 g/mol. The summed E-state index contributed by atoms with van der Waals surface area (Å²) in [6, 6.07) is 4.62. The van der Waals surface area contributed by atoms with Crippen molar-refractivity contribution in [3.63, 3.8) is 0 Å². The second-order valence-electron chi connectivity index (χ2n) is 7.57. The van der Waals surface area contributed by atoms with Crippen molar-refractivity contribution in [2.24, 2.45) is 11.8 Å². The second-order valence-corrected chi connectivity index (χ2v) is 7.57. The highest BCUT2D eigenvalue weighted by molar-refractivity contribution is 5.89. The molecule has 0 saturated carbocycles. The van der Waals surface area contributed by atoms with Crippen LogP contribution in [0.3, 0.4) is 0 Å². The van der Waals surface area contributed by atoms with Crippen molar-refractivity contribution in [2.75, 3.05) is 44.8 Å². The normalized spacial score (nSPS) is 21.0. The number of piperidine rings is 1. The molecule has 3 heterocycles. The van der Waals surface area contributed by atoms with Gasteiger partial charge in [0.1, 0.15) is 18.0 Å². The van der Waals surface area contributed by atoms with E-state index in [9.17, 15) is 9.18 Å². The van der Waals surface area contributed by atoms with E-state index < -0.39 is 0 Å². The highest BCUT2D eigenvalue weighted by atomic mass is 19.1. The van der Waals surface area contributed by atoms with Gasteiger partial charge in [-0.25, -0.2) is 14.4 Å². The molecule has 1 atom stereocenters. The van der Waals surface area contributed by atoms with Crippen molar-refractivity contribution in [2.45, 2.75) is 19.3 Å². The number of benzene rings is 1. The quantitative estimate of drug-likeness (QED) is 0.825. The smallest absolute Gasteiger partial charge is 0.227 e. The zero-order valence-electron chi connectivity index (χ0n) is 15.6. The molecule has 0 N–H and O–H groups in total. The van der Waals surface area contributed by atoms with Crippen molar-refractivity contribution in [1.82, 2.24) is 14.9 Å². The Morgan fingerprint density at radius 2 is 2.11 bits per heavy atom. The minimum absolute atomic E-state index is 0.0253. The minimum atomic E-state index is -0.274. The largest absolute Gasteiger partial charge is 0.381 e. The first-order valence-corrected chi connectivity index (χ1v) is 9.60. The van der Waals surface area contributed by atoms with Crippen molar-refractivity contribution >= 4 is 22.6 Å². The summed E-state index contributed by atoms with van der Waals surface area (Å²) in [6.07, 6.45) is 4.34. The molecule has 0 spiro atoms. The molecule has 0 radical (unpaired) electrons. The van der Waals surface area contributed by atoms with Crippen LogP contribution in [0.15, 0.2) is 24.5 Å². The molecule has 2 saturated heterocycles. The maximum Gasteiger partial charge on any atom is 0.227 e. The van der Waals surface area contributed by atoms with Crippen LogP contribution in [0.2, 0.25) is 0 Å². The van der Waals surface area contributed by atoms with E-state index in [2.05, 4.69) is 14.9 Å². The molecule has 1 aromatic heterocycles. The fourth-order valence-electron chi connectivity index (χ4n) is 4.11. The summed E-state index contributed by atoms with van der Waals surface area (Å²) < 4.78 is 19.0. The number of halogens is 1. The predicted molar refractivity (Wildman–Crippen MR) is 101 cm³/mol. The number of rotatable bonds is 4. The number of nitrogens with zero attached hydrogens (tertiary/aromatic N) is 4. The summed E-state index contributed by atoms with van der Waals surface area (Å²) in [5.41, 5.74) is 0.757. The van der Waals surface area contributed by atoms with Crippen LogP contribution in [0.1, 0.15) is 19.3 Å². The van der Waals surface area contributed by atoms with E-state index in [0.29, 0.717) is 19.1 Å². The van der Waals surface area contributed by atoms with Crippen LogP contribution in [-0.2, 0) is 9.53 Å². The van der Waals surface area contributed by atoms with Gasteiger partial charge in [0.25, 0.3) is 0 Å². The number of aromatic nitrogens is 2. The Bertz CT molecular complexity index is 817. The standard InChI is InChI=1S/C20H25FN4O2/c1-24(20(26)15-6-9-27-12-15)11-14-4-7-25(8-5-14)19-17-10-16(21)2-3-18(17)22-13-23-19/h2-3,10,13-15H,4-9,11-12H2,1H3. The summed E-state index contributed by atoms with van der Waals surface area (Å²) >= 11 is 0. The van der Waals surface area contributed by atoms with Gasteiger partial charge in [-0.05, 0) is 43.4 Å². The van der Waals surface area contributed by atoms with Crippen LogP contribution >= 0.6 is 0 Å². The van der Waals surface area contributed by atoms with Crippen LogP contribution in [0, 0.1) is 17.7 Å². The number of carbonyl (C=O) groups excluding carboxylic acids is 1. The third-order valence-corrected chi connectivity index (χ3v) is 5.68. The maximum atomic E-state index is 13.7. The molecular formula is C20H25FN4O2. The van der Waals surface area contributed by atoms with Gasteiger partial charge in [0.15, 0.2) is 0 Å². The van der Waals surface area contributed by atoms with E-state index in [0.717, 1.165) is 55.6 Å². The third kappa shape index (κ3) is 3.88. The lowest BCUT2D eigenvalue weighted by Crippen LogP contribution is -2.41. The Hall–Kier alpha value is -2.28. The van der Waals surface area contributed by atoms with Crippen molar-refractivity contribution in [3.05, 3.63) is 30.3 Å². The lowest BCUT2D eigenvalue weighted by atomic mass is 9.95. The molecule has 0 bridgehead atoms. The molecule has 2 aliphatic rings. The van der Waals surface area contributed by atoms with Crippen LogP contribution in [0.25, 0.3) is 10.9 Å². The first kappa shape index (κ1) is 18.1. The maximum absolute atomic E-state index is 13.7. The van der Waals surface area contributed by atoms with Crippen molar-refractivity contribution in [3.8, 4) is 0 Å². The second kappa shape index (κ2) is 7.76. The topological polar surface area (TPSA) is 58.6 Å². The fraction of sp³-hybridized carbons (Fsp3) is 0.550. The lowest BCUT2D eigenvalue weighted by molar-refractivity contribution is -0.134. The summed E-state index contributed by atoms with van der Waals surface area (Å²) in [5.74, 6) is 1.22. The SMILES string of the molecule is CN(CC1CCN(c2ncnc3ccc(F)cc23)CC1)C(=O)C1CCOC1. The zero-order chi connectivity index (χ0) is 18.8. The summed E-state index contributed by atoms with van der Waals surface area (Å²) in [6.45, 7) is 3.72. The van der Waals surface area contributed by atoms with Gasteiger partial charge in [0.2, 0.25) is 5.91 Å². The monoisotopic (exact) mass is 372 g/mol. The highest BCUT2D eigenvalue weighted by Gasteiger charge is 2.29. The van der Waals surface area contributed by atoms with Crippen LogP contribution in [0.4, 0.5) is 10.2 Å². The first-order valence-electron chi connectivity index (χ1n) is 9.60. The number of ether oxygens (including phenoxy) is 1. The molecule has 144 valence electrons. The van der Waals surface area contributed by atoms with Crippen LogP contribution < -0.4 is 4.90 Å². The van der Waals surface area contributed by atoms with Gasteiger partial charge in [-0.3, -0.25) is 4.79 Å². The Balaban J connectivity index is 1.38. The molecule has 0 aliphatic carbocycles. The van der Waals surface area contributed by atoms with Crippen molar-refractivity contribution in [1.29, 1.82) is 0 Å². The van der Waals surface area contributed by atoms with Crippen molar-refractivity contribution < 1.29 is 13.9 Å². The molecule has 1 aromatic carbocycles. The number of fused-ring (bicyclic) bond motifs is 1. The van der Waals surface area contributed by atoms with Crippen LogP contribution in [-0.4, -0.2) is 60.7 Å². The Kier molecular flexibility index (Phi) is 5.20. The van der Waals surface area contributed by atoms with E-state index in [-0.39, 0.29) is 17.6 Å². The number of anilines is 1. The summed E-state index contributed by atoms with van der Waals surface area (Å²) in [7, 11) is 1.90. The van der Waals surface area contributed by atoms with E-state index in [1.165, 1.54) is 18.5 Å². The van der Waals surface area contributed by atoms with Gasteiger partial charge in [-0.15, -0.1) is 0 Å². The molecule has 2 aliphatic heterocycles. The lowest BCUT2D eigenvalue weighted by Gasteiger charge is -2.35. The first-order chi connectivity index (χ1) is 13.1. The average Bonchev–Trinajstić information content (AvgIpc) is 3.22. The van der Waals surface area contributed by atoms with E-state index in [1.807, 2.05) is 11.9 Å². The molecule has 7 heteroatoms. The minimum Gasteiger partial charge on any atom is -0.381 e. The van der Waals surface area contributed by atoms with Gasteiger partial charge in [0.05, 0.1) is 18.0 Å². The van der Waals surface area contributed by atoms with E-state index >= 15 is 0 Å². The molecule has 2 fully saturated rings. The number of amides is 1. The van der Waals surface area contributed by atoms with E-state index in [1.54, 1.807) is 6.07 Å². The number of hydrogen-bond donors (Lipinski definition) is 0. The third-order valence-electron chi connectivity index (χ3n) is 5.68. The van der Waals surface area contributed by atoms with Crippen LogP contribution in [0.5, 0.6) is 0 Å². The summed E-state index contributed by atoms with van der Waals surface area (Å²) in [4.78, 5) is 25.2. The molecule has 27 heavy (non-hydrogen) atoms. The van der Waals surface area contributed by atoms with Gasteiger partial charge < -0.3 is 14.5 Å². The predicted octanol–water partition coefficient (Wildman–Crippen LogP) is 2.48.